The molecule has 3 nitrogen and oxygen atoms in total. The van der Waals surface area contributed by atoms with Crippen LogP contribution in [0.2, 0.25) is 0 Å². The lowest BCUT2D eigenvalue weighted by Gasteiger charge is -2.15. The Hall–Kier alpha value is -3.97. The first-order valence-electron chi connectivity index (χ1n) is 10.5. The van der Waals surface area contributed by atoms with Gasteiger partial charge in [0.2, 0.25) is 0 Å². The highest BCUT2D eigenvalue weighted by Crippen LogP contribution is 2.26. The minimum Gasteiger partial charge on any atom is -0.322 e. The average Bonchev–Trinajstić information content (AvgIpc) is 2.79. The van der Waals surface area contributed by atoms with Crippen LogP contribution in [-0.2, 0) is 0 Å². The number of carbonyl (C=O) groups excluding carboxylic acids is 1. The van der Waals surface area contributed by atoms with Crippen molar-refractivity contribution in [2.75, 3.05) is 5.32 Å². The van der Waals surface area contributed by atoms with Crippen LogP contribution in [0, 0.1) is 24.6 Å². The van der Waals surface area contributed by atoms with Crippen molar-refractivity contribution in [3.8, 4) is 11.8 Å². The molecule has 0 fully saturated rings. The zero-order valence-electron chi connectivity index (χ0n) is 18.2. The molecule has 4 heteroatoms. The van der Waals surface area contributed by atoms with Gasteiger partial charge in [-0.3, -0.25) is 9.78 Å². The van der Waals surface area contributed by atoms with Crippen LogP contribution in [0.5, 0.6) is 0 Å². The van der Waals surface area contributed by atoms with Crippen LogP contribution in [0.4, 0.5) is 10.1 Å². The van der Waals surface area contributed by atoms with Gasteiger partial charge in [-0.2, -0.15) is 0 Å². The van der Waals surface area contributed by atoms with Gasteiger partial charge in [-0.1, -0.05) is 62.1 Å². The molecule has 0 aliphatic rings. The van der Waals surface area contributed by atoms with Gasteiger partial charge in [-0.05, 0) is 48.2 Å². The van der Waals surface area contributed by atoms with Crippen LogP contribution in [-0.4, -0.2) is 10.9 Å². The summed E-state index contributed by atoms with van der Waals surface area (Å²) < 4.78 is 14.4. The van der Waals surface area contributed by atoms with Crippen LogP contribution in [0.3, 0.4) is 0 Å². The van der Waals surface area contributed by atoms with Crippen molar-refractivity contribution in [2.24, 2.45) is 0 Å². The molecule has 1 aromatic heterocycles. The van der Waals surface area contributed by atoms with Crippen molar-refractivity contribution in [1.82, 2.24) is 4.98 Å². The maximum Gasteiger partial charge on any atom is 0.255 e. The van der Waals surface area contributed by atoms with E-state index in [1.807, 2.05) is 43.3 Å². The number of carbonyl (C=O) groups is 1. The predicted molar refractivity (Wildman–Crippen MR) is 127 cm³/mol. The van der Waals surface area contributed by atoms with Crippen LogP contribution in [0.15, 0.2) is 73.1 Å². The number of aromatic nitrogens is 1. The highest BCUT2D eigenvalue weighted by Gasteiger charge is 2.13. The highest BCUT2D eigenvalue weighted by molar-refractivity contribution is 6.05. The summed E-state index contributed by atoms with van der Waals surface area (Å²) in [6, 6.07) is 17.9. The molecule has 0 aliphatic heterocycles. The Morgan fingerprint density at radius 1 is 0.969 bits per heavy atom. The van der Waals surface area contributed by atoms with E-state index in [4.69, 9.17) is 0 Å². The maximum atomic E-state index is 14.4. The monoisotopic (exact) mass is 422 g/mol. The van der Waals surface area contributed by atoms with Gasteiger partial charge in [0.25, 0.3) is 5.91 Å². The third-order valence-electron chi connectivity index (χ3n) is 5.47. The molecular formula is C28H23FN2O. The fraction of sp³-hybridized carbons (Fsp3) is 0.143. The first kappa shape index (κ1) is 21.3. The zero-order chi connectivity index (χ0) is 22.7. The Bertz CT molecular complexity index is 1370. The van der Waals surface area contributed by atoms with Crippen molar-refractivity contribution >= 4 is 22.4 Å². The Morgan fingerprint density at radius 3 is 2.56 bits per heavy atom. The lowest BCUT2D eigenvalue weighted by Crippen LogP contribution is -2.14. The minimum atomic E-state index is -0.472. The summed E-state index contributed by atoms with van der Waals surface area (Å²) >= 11 is 0. The molecule has 0 aliphatic carbocycles. The normalized spacial score (nSPS) is 10.7. The van der Waals surface area contributed by atoms with Crippen molar-refractivity contribution < 1.29 is 9.18 Å². The van der Waals surface area contributed by atoms with E-state index in [1.165, 1.54) is 23.8 Å². The molecule has 1 N–H and O–H groups in total. The molecule has 0 radical (unpaired) electrons. The number of nitrogens with one attached hydrogen (secondary N) is 1. The molecule has 0 bridgehead atoms. The van der Waals surface area contributed by atoms with E-state index >= 15 is 0 Å². The van der Waals surface area contributed by atoms with Gasteiger partial charge in [0, 0.05) is 34.4 Å². The van der Waals surface area contributed by atoms with E-state index in [2.05, 4.69) is 42.1 Å². The number of rotatable bonds is 3. The third-order valence-corrected chi connectivity index (χ3v) is 5.47. The highest BCUT2D eigenvalue weighted by atomic mass is 19.1. The summed E-state index contributed by atoms with van der Waals surface area (Å²) in [7, 11) is 0. The van der Waals surface area contributed by atoms with Gasteiger partial charge >= 0.3 is 0 Å². The van der Waals surface area contributed by atoms with E-state index < -0.39 is 5.82 Å². The second-order valence-corrected chi connectivity index (χ2v) is 7.98. The molecule has 4 aromatic rings. The summed E-state index contributed by atoms with van der Waals surface area (Å²) in [6.45, 7) is 6.22. The van der Waals surface area contributed by atoms with E-state index in [0.29, 0.717) is 17.0 Å². The minimum absolute atomic E-state index is 0.165. The van der Waals surface area contributed by atoms with Gasteiger partial charge < -0.3 is 5.32 Å². The Morgan fingerprint density at radius 2 is 1.75 bits per heavy atom. The van der Waals surface area contributed by atoms with Gasteiger partial charge in [-0.25, -0.2) is 4.39 Å². The molecule has 0 saturated heterocycles. The Kier molecular flexibility index (Phi) is 6.00. The molecule has 0 atom stereocenters. The van der Waals surface area contributed by atoms with Crippen molar-refractivity contribution in [2.45, 2.75) is 26.7 Å². The van der Waals surface area contributed by atoms with Gasteiger partial charge in [-0.15, -0.1) is 0 Å². The molecule has 1 heterocycles. The molecule has 32 heavy (non-hydrogen) atoms. The second-order valence-electron chi connectivity index (χ2n) is 7.98. The third kappa shape index (κ3) is 4.38. The number of anilines is 1. The van der Waals surface area contributed by atoms with Gasteiger partial charge in [0.15, 0.2) is 0 Å². The van der Waals surface area contributed by atoms with Crippen LogP contribution < -0.4 is 5.32 Å². The molecule has 1 amide bonds. The van der Waals surface area contributed by atoms with E-state index in [-0.39, 0.29) is 11.5 Å². The SMILES string of the molecule is Cc1c(NC(=O)c2ccc(F)c(C#Cc3cncc4ccccc34)c2)cccc1C(C)C. The largest absolute Gasteiger partial charge is 0.322 e. The summed E-state index contributed by atoms with van der Waals surface area (Å²) in [5, 5.41) is 4.86. The Balaban J connectivity index is 1.64. The molecule has 158 valence electrons. The second kappa shape index (κ2) is 9.03. The quantitative estimate of drug-likeness (QED) is 0.385. The summed E-state index contributed by atoms with van der Waals surface area (Å²) in [4.78, 5) is 17.1. The van der Waals surface area contributed by atoms with Crippen LogP contribution in [0.1, 0.15) is 52.4 Å². The van der Waals surface area contributed by atoms with Gasteiger partial charge in [0.05, 0.1) is 11.1 Å². The average molecular weight is 423 g/mol. The van der Waals surface area contributed by atoms with E-state index in [0.717, 1.165) is 22.0 Å². The number of nitrogens with zero attached hydrogens (tertiary/aromatic N) is 1. The zero-order valence-corrected chi connectivity index (χ0v) is 18.2. The number of pyridine rings is 1. The van der Waals surface area contributed by atoms with E-state index in [9.17, 15) is 9.18 Å². The number of hydrogen-bond donors (Lipinski definition) is 1. The standard InChI is InChI=1S/C28H23FN2O/c1-18(2)24-9-6-10-27(19(24)3)31-28(32)21-13-14-26(29)20(15-21)11-12-23-17-30-16-22-7-4-5-8-25(22)23/h4-10,13-18H,1-3H3,(H,31,32). The number of fused-ring (bicyclic) bond motifs is 1. The molecule has 0 spiro atoms. The van der Waals surface area contributed by atoms with Crippen molar-refractivity contribution in [1.29, 1.82) is 0 Å². The van der Waals surface area contributed by atoms with Crippen molar-refractivity contribution in [3.63, 3.8) is 0 Å². The van der Waals surface area contributed by atoms with E-state index in [1.54, 1.807) is 12.4 Å². The number of benzene rings is 3. The summed E-state index contributed by atoms with van der Waals surface area (Å²) in [5.41, 5.74) is 4.18. The lowest BCUT2D eigenvalue weighted by molar-refractivity contribution is 0.102. The summed E-state index contributed by atoms with van der Waals surface area (Å²) in [6.07, 6.45) is 3.43. The van der Waals surface area contributed by atoms with Crippen LogP contribution in [0.25, 0.3) is 10.8 Å². The maximum absolute atomic E-state index is 14.4. The molecule has 0 saturated carbocycles. The topological polar surface area (TPSA) is 42.0 Å². The summed E-state index contributed by atoms with van der Waals surface area (Å²) in [5.74, 6) is 5.45. The van der Waals surface area contributed by atoms with Crippen LogP contribution >= 0.6 is 0 Å². The molecule has 3 aromatic carbocycles. The number of hydrogen-bond acceptors (Lipinski definition) is 2. The number of halogens is 1. The predicted octanol–water partition coefficient (Wildman–Crippen LogP) is 6.46. The number of amides is 1. The smallest absolute Gasteiger partial charge is 0.255 e. The van der Waals surface area contributed by atoms with Crippen molar-refractivity contribution in [3.05, 3.63) is 107 Å². The fourth-order valence-corrected chi connectivity index (χ4v) is 3.72. The van der Waals surface area contributed by atoms with Gasteiger partial charge in [0.1, 0.15) is 5.82 Å². The first-order valence-corrected chi connectivity index (χ1v) is 10.5. The lowest BCUT2D eigenvalue weighted by atomic mass is 9.97. The Labute approximate surface area is 187 Å². The molecule has 0 unspecified atom stereocenters. The molecule has 4 rings (SSSR count). The fourth-order valence-electron chi connectivity index (χ4n) is 3.72. The molecular weight excluding hydrogens is 399 g/mol. The first-order chi connectivity index (χ1) is 15.4.